The third kappa shape index (κ3) is 14.1. The first-order valence-corrected chi connectivity index (χ1v) is 22.8. The highest BCUT2D eigenvalue weighted by atomic mass is 16.7. The predicted octanol–water partition coefficient (Wildman–Crippen LogP) is 2.99. The molecule has 3 heterocycles. The summed E-state index contributed by atoms with van der Waals surface area (Å²) >= 11 is 0. The molecule has 0 aliphatic carbocycles. The molecule has 0 aromatic rings. The van der Waals surface area contributed by atoms with Gasteiger partial charge in [0.15, 0.2) is 12.6 Å². The first kappa shape index (κ1) is 54.5. The number of carbonyl (C=O) groups is 2. The average Bonchev–Trinajstić information content (AvgIpc) is 3.18. The van der Waals surface area contributed by atoms with E-state index in [4.69, 9.17) is 28.4 Å². The molecular formula is C46H85N3O13. The Labute approximate surface area is 371 Å². The van der Waals surface area contributed by atoms with Crippen LogP contribution in [-0.2, 0) is 38.0 Å². The highest BCUT2D eigenvalue weighted by Crippen LogP contribution is 2.40. The van der Waals surface area contributed by atoms with Crippen molar-refractivity contribution >= 4 is 11.9 Å². The summed E-state index contributed by atoms with van der Waals surface area (Å²) in [5.74, 6) is -2.97. The molecule has 362 valence electrons. The number of likely N-dealkylation sites (N-methyl/N-ethyl adjacent to an activating group) is 1. The van der Waals surface area contributed by atoms with Crippen molar-refractivity contribution in [2.45, 2.75) is 199 Å². The van der Waals surface area contributed by atoms with E-state index in [1.807, 2.05) is 60.5 Å². The Bertz CT molecular complexity index is 1450. The van der Waals surface area contributed by atoms with E-state index in [1.165, 1.54) is 20.1 Å². The normalized spacial score (nSPS) is 42.6. The van der Waals surface area contributed by atoms with Crippen LogP contribution in [0.1, 0.15) is 115 Å². The van der Waals surface area contributed by atoms with Crippen molar-refractivity contribution in [3.8, 4) is 0 Å². The molecule has 0 spiro atoms. The summed E-state index contributed by atoms with van der Waals surface area (Å²) in [6.45, 7) is 22.7. The van der Waals surface area contributed by atoms with Crippen molar-refractivity contribution in [3.63, 3.8) is 0 Å². The Balaban J connectivity index is 2.07. The van der Waals surface area contributed by atoms with Crippen LogP contribution in [0.5, 0.6) is 0 Å². The van der Waals surface area contributed by atoms with Gasteiger partial charge >= 0.3 is 5.97 Å². The number of rotatable bonds is 13. The second-order valence-electron chi connectivity index (χ2n) is 20.0. The molecule has 1 amide bonds. The molecule has 3 saturated heterocycles. The number of nitrogens with one attached hydrogen (secondary N) is 1. The fourth-order valence-corrected chi connectivity index (χ4v) is 9.92. The van der Waals surface area contributed by atoms with Gasteiger partial charge in [-0.25, -0.2) is 0 Å². The number of nitrogens with zero attached hydrogens (tertiary/aromatic N) is 2. The first-order chi connectivity index (χ1) is 28.7. The van der Waals surface area contributed by atoms with E-state index in [2.05, 4.69) is 10.2 Å². The number of aliphatic hydroxyl groups excluding tert-OH is 3. The molecule has 3 fully saturated rings. The van der Waals surface area contributed by atoms with Gasteiger partial charge in [0, 0.05) is 76.2 Å². The van der Waals surface area contributed by atoms with Crippen LogP contribution in [0.25, 0.3) is 0 Å². The number of hydrogen-bond donors (Lipinski definition) is 6. The van der Waals surface area contributed by atoms with Gasteiger partial charge in [-0.05, 0) is 102 Å². The van der Waals surface area contributed by atoms with Crippen molar-refractivity contribution in [2.75, 3.05) is 47.4 Å². The smallest absolute Gasteiger partial charge is 0.311 e. The molecular weight excluding hydrogens is 803 g/mol. The van der Waals surface area contributed by atoms with Gasteiger partial charge in [0.2, 0.25) is 5.91 Å². The second kappa shape index (κ2) is 23.1. The summed E-state index contributed by atoms with van der Waals surface area (Å²) in [7, 11) is 5.35. The lowest BCUT2D eigenvalue weighted by atomic mass is 9.77. The molecule has 0 aromatic carbocycles. The monoisotopic (exact) mass is 888 g/mol. The molecule has 3 rings (SSSR count). The van der Waals surface area contributed by atoms with Crippen LogP contribution in [0.4, 0.5) is 0 Å². The van der Waals surface area contributed by atoms with Gasteiger partial charge in [-0.15, -0.1) is 0 Å². The van der Waals surface area contributed by atoms with Crippen LogP contribution >= 0.6 is 0 Å². The highest BCUT2D eigenvalue weighted by Gasteiger charge is 2.52. The molecule has 16 nitrogen and oxygen atoms in total. The zero-order chi connectivity index (χ0) is 47.1. The molecule has 3 aliphatic rings. The van der Waals surface area contributed by atoms with Crippen molar-refractivity contribution in [2.24, 2.45) is 23.7 Å². The van der Waals surface area contributed by atoms with Crippen LogP contribution in [0.15, 0.2) is 11.6 Å². The van der Waals surface area contributed by atoms with Gasteiger partial charge < -0.3 is 69.1 Å². The van der Waals surface area contributed by atoms with Gasteiger partial charge in [-0.3, -0.25) is 9.59 Å². The fourth-order valence-electron chi connectivity index (χ4n) is 9.92. The molecule has 6 N–H and O–H groups in total. The standard InChI is InChI=1S/C46H85N3O13/c1-16-35-46(12,56)40(52)31(8)48(13)23-27(4)20-44(10,55)42(29(6)39(30(7)43(54)60-35)61-38-21-45(11,57-15)41(53)32(9)59-38)62-37-19-34(18-28(5)58-37)49(14)24-33(25-50)22-47-36(51)17-26(2)3/h17,27-35,37-42,50,52-53,55-56H,16,18-25H2,1-15H3,(H,47,51). The molecule has 0 radical (unpaired) electrons. The van der Waals surface area contributed by atoms with Crippen LogP contribution in [-0.4, -0.2) is 179 Å². The Hall–Kier alpha value is -1.80. The number of methoxy groups -OCH3 is 1. The summed E-state index contributed by atoms with van der Waals surface area (Å²) in [6.07, 6.45) is -4.69. The van der Waals surface area contributed by atoms with E-state index < -0.39 is 89.9 Å². The van der Waals surface area contributed by atoms with Gasteiger partial charge in [-0.2, -0.15) is 0 Å². The lowest BCUT2D eigenvalue weighted by molar-refractivity contribution is -0.308. The maximum atomic E-state index is 14.4. The SMILES string of the molecule is CCC1OC(=O)C(C)C(OC2CC(C)(OC)C(O)C(C)O2)C(C)C(OC2CC(N(C)CC(CO)CNC(=O)C=C(C)C)CC(C)O2)C(C)(O)CC(C)CN(C)C(C)C(O)C1(C)O. The van der Waals surface area contributed by atoms with Crippen LogP contribution in [0, 0.1) is 23.7 Å². The van der Waals surface area contributed by atoms with Crippen LogP contribution in [0.2, 0.25) is 0 Å². The largest absolute Gasteiger partial charge is 0.459 e. The van der Waals surface area contributed by atoms with Gasteiger partial charge in [0.1, 0.15) is 23.9 Å². The Morgan fingerprint density at radius 2 is 1.65 bits per heavy atom. The van der Waals surface area contributed by atoms with Gasteiger partial charge in [-0.1, -0.05) is 26.3 Å². The number of cyclic esters (lactones) is 1. The number of carbonyl (C=O) groups excluding carboxylic acids is 2. The minimum absolute atomic E-state index is 0.0377. The van der Waals surface area contributed by atoms with Crippen molar-refractivity contribution in [3.05, 3.63) is 11.6 Å². The zero-order valence-electron chi connectivity index (χ0n) is 40.5. The number of hydrogen-bond acceptors (Lipinski definition) is 15. The lowest BCUT2D eigenvalue weighted by Gasteiger charge is -2.48. The fraction of sp³-hybridized carbons (Fsp3) is 0.913. The average molecular weight is 888 g/mol. The number of aliphatic hydroxyl groups is 5. The Morgan fingerprint density at radius 1 is 1.00 bits per heavy atom. The molecule has 16 heteroatoms. The topological polar surface area (TPSA) is 209 Å². The molecule has 62 heavy (non-hydrogen) atoms. The van der Waals surface area contributed by atoms with Crippen molar-refractivity contribution in [1.29, 1.82) is 0 Å². The van der Waals surface area contributed by atoms with E-state index in [9.17, 15) is 35.1 Å². The minimum Gasteiger partial charge on any atom is -0.459 e. The second-order valence-corrected chi connectivity index (χ2v) is 20.0. The van der Waals surface area contributed by atoms with E-state index in [1.54, 1.807) is 34.6 Å². The van der Waals surface area contributed by atoms with E-state index in [-0.39, 0.29) is 55.8 Å². The summed E-state index contributed by atoms with van der Waals surface area (Å²) in [4.78, 5) is 30.8. The number of allylic oxidation sites excluding steroid dienone is 1. The summed E-state index contributed by atoms with van der Waals surface area (Å²) in [5, 5.41) is 60.3. The van der Waals surface area contributed by atoms with E-state index >= 15 is 0 Å². The predicted molar refractivity (Wildman–Crippen MR) is 235 cm³/mol. The number of ether oxygens (including phenoxy) is 6. The van der Waals surface area contributed by atoms with Crippen molar-refractivity contribution < 1.29 is 63.5 Å². The van der Waals surface area contributed by atoms with Gasteiger partial charge in [0.05, 0.1) is 41.5 Å². The Kier molecular flexibility index (Phi) is 20.3. The third-order valence-electron chi connectivity index (χ3n) is 13.8. The highest BCUT2D eigenvalue weighted by molar-refractivity contribution is 5.88. The van der Waals surface area contributed by atoms with E-state index in [0.717, 1.165) is 5.57 Å². The van der Waals surface area contributed by atoms with Gasteiger partial charge in [0.25, 0.3) is 0 Å². The number of esters is 1. The maximum absolute atomic E-state index is 14.4. The summed E-state index contributed by atoms with van der Waals surface area (Å²) < 4.78 is 38.4. The van der Waals surface area contributed by atoms with Crippen LogP contribution < -0.4 is 5.32 Å². The molecule has 18 unspecified atom stereocenters. The summed E-state index contributed by atoms with van der Waals surface area (Å²) in [6, 6.07) is -0.583. The van der Waals surface area contributed by atoms with Crippen LogP contribution in [0.3, 0.4) is 0 Å². The molecule has 0 saturated carbocycles. The van der Waals surface area contributed by atoms with Crippen molar-refractivity contribution in [1.82, 2.24) is 15.1 Å². The third-order valence-corrected chi connectivity index (χ3v) is 13.8. The molecule has 0 bridgehead atoms. The lowest BCUT2D eigenvalue weighted by Crippen LogP contribution is -2.59. The van der Waals surface area contributed by atoms with E-state index in [0.29, 0.717) is 32.5 Å². The maximum Gasteiger partial charge on any atom is 0.311 e. The zero-order valence-corrected chi connectivity index (χ0v) is 40.5. The quantitative estimate of drug-likeness (QED) is 0.116. The molecule has 3 aliphatic heterocycles. The number of amides is 1. The molecule has 0 aromatic heterocycles. The summed E-state index contributed by atoms with van der Waals surface area (Å²) in [5.41, 5.74) is -3.49. The molecule has 18 atom stereocenters. The Morgan fingerprint density at radius 3 is 2.23 bits per heavy atom. The first-order valence-electron chi connectivity index (χ1n) is 22.8. The minimum atomic E-state index is -1.81.